The Morgan fingerprint density at radius 3 is 3.09 bits per heavy atom. The van der Waals surface area contributed by atoms with Gasteiger partial charge in [0.15, 0.2) is 11.5 Å². The van der Waals surface area contributed by atoms with Crippen molar-refractivity contribution in [3.63, 3.8) is 0 Å². The first-order valence-electron chi connectivity index (χ1n) is 7.47. The third-order valence-corrected chi connectivity index (χ3v) is 4.50. The van der Waals surface area contributed by atoms with Crippen molar-refractivity contribution in [2.75, 3.05) is 19.9 Å². The van der Waals surface area contributed by atoms with Gasteiger partial charge in [-0.2, -0.15) is 0 Å². The highest BCUT2D eigenvalue weighted by atomic mass is 32.1. The second kappa shape index (κ2) is 6.97. The fourth-order valence-corrected chi connectivity index (χ4v) is 2.97. The number of amides is 1. The number of ether oxygens (including phenoxy) is 2. The van der Waals surface area contributed by atoms with E-state index in [9.17, 15) is 4.79 Å². The zero-order chi connectivity index (χ0) is 16.2. The lowest BCUT2D eigenvalue weighted by Crippen LogP contribution is -2.32. The summed E-state index contributed by atoms with van der Waals surface area (Å²) in [6, 6.07) is 5.73. The van der Waals surface area contributed by atoms with Crippen molar-refractivity contribution < 1.29 is 14.3 Å². The standard InChI is InChI=1S/C16H19N3O3S/c1-10(6-17)7-18-15(20)5-12-8-23-16(19-12)11-2-3-13-14(4-11)22-9-21-13/h2-4,8,10H,5-7,9,17H2,1H3,(H,18,20). The Hall–Kier alpha value is -2.12. The molecule has 7 heteroatoms. The van der Waals surface area contributed by atoms with Crippen LogP contribution in [0.3, 0.4) is 0 Å². The maximum Gasteiger partial charge on any atom is 0.231 e. The first-order valence-corrected chi connectivity index (χ1v) is 8.35. The number of benzene rings is 1. The molecule has 1 aliphatic rings. The Bertz CT molecular complexity index is 702. The first-order chi connectivity index (χ1) is 11.2. The van der Waals surface area contributed by atoms with Gasteiger partial charge in [-0.1, -0.05) is 6.92 Å². The largest absolute Gasteiger partial charge is 0.454 e. The lowest BCUT2D eigenvalue weighted by atomic mass is 10.2. The molecule has 0 saturated heterocycles. The second-order valence-electron chi connectivity index (χ2n) is 5.53. The molecule has 0 saturated carbocycles. The molecule has 2 aromatic rings. The summed E-state index contributed by atoms with van der Waals surface area (Å²) in [5.74, 6) is 1.72. The monoisotopic (exact) mass is 333 g/mol. The molecule has 0 aliphatic carbocycles. The van der Waals surface area contributed by atoms with E-state index in [1.807, 2.05) is 30.5 Å². The first kappa shape index (κ1) is 15.8. The van der Waals surface area contributed by atoms with E-state index >= 15 is 0 Å². The van der Waals surface area contributed by atoms with Gasteiger partial charge in [0.1, 0.15) is 5.01 Å². The van der Waals surface area contributed by atoms with Crippen molar-refractivity contribution >= 4 is 17.2 Å². The molecule has 0 radical (unpaired) electrons. The molecule has 23 heavy (non-hydrogen) atoms. The number of nitrogens with two attached hydrogens (primary N) is 1. The van der Waals surface area contributed by atoms with Crippen LogP contribution in [0, 0.1) is 5.92 Å². The highest BCUT2D eigenvalue weighted by Crippen LogP contribution is 2.36. The molecular weight excluding hydrogens is 314 g/mol. The van der Waals surface area contributed by atoms with E-state index < -0.39 is 0 Å². The van der Waals surface area contributed by atoms with Crippen LogP contribution in [0.15, 0.2) is 23.6 Å². The zero-order valence-corrected chi connectivity index (χ0v) is 13.7. The number of hydrogen-bond acceptors (Lipinski definition) is 6. The topological polar surface area (TPSA) is 86.5 Å². The average Bonchev–Trinajstić information content (AvgIpc) is 3.20. The highest BCUT2D eigenvalue weighted by Gasteiger charge is 2.16. The van der Waals surface area contributed by atoms with Crippen LogP contribution in [0.2, 0.25) is 0 Å². The van der Waals surface area contributed by atoms with Crippen LogP contribution in [0.4, 0.5) is 0 Å². The van der Waals surface area contributed by atoms with E-state index in [1.165, 1.54) is 11.3 Å². The van der Waals surface area contributed by atoms with E-state index in [1.54, 1.807) is 0 Å². The van der Waals surface area contributed by atoms with Gasteiger partial charge in [-0.3, -0.25) is 4.79 Å². The molecule has 0 fully saturated rings. The molecule has 3 N–H and O–H groups in total. The lowest BCUT2D eigenvalue weighted by Gasteiger charge is -2.09. The summed E-state index contributed by atoms with van der Waals surface area (Å²) >= 11 is 1.51. The maximum atomic E-state index is 11.9. The molecule has 0 bridgehead atoms. The number of nitrogens with zero attached hydrogens (tertiary/aromatic N) is 1. The predicted octanol–water partition coefficient (Wildman–Crippen LogP) is 1.79. The molecule has 1 unspecified atom stereocenters. The van der Waals surface area contributed by atoms with E-state index in [0.717, 1.165) is 27.8 Å². The summed E-state index contributed by atoms with van der Waals surface area (Å²) in [4.78, 5) is 16.4. The number of carbonyl (C=O) groups excluding carboxylic acids is 1. The summed E-state index contributed by atoms with van der Waals surface area (Å²) < 4.78 is 10.7. The van der Waals surface area contributed by atoms with Crippen molar-refractivity contribution in [3.05, 3.63) is 29.3 Å². The minimum atomic E-state index is -0.0344. The number of nitrogens with one attached hydrogen (secondary N) is 1. The smallest absolute Gasteiger partial charge is 0.231 e. The van der Waals surface area contributed by atoms with Crippen molar-refractivity contribution in [2.45, 2.75) is 13.3 Å². The lowest BCUT2D eigenvalue weighted by molar-refractivity contribution is -0.120. The van der Waals surface area contributed by atoms with Crippen LogP contribution in [0.25, 0.3) is 10.6 Å². The predicted molar refractivity (Wildman–Crippen MR) is 88.6 cm³/mol. The molecule has 6 nitrogen and oxygen atoms in total. The Kier molecular flexibility index (Phi) is 4.78. The van der Waals surface area contributed by atoms with E-state index in [-0.39, 0.29) is 25.0 Å². The number of carbonyl (C=O) groups is 1. The second-order valence-corrected chi connectivity index (χ2v) is 6.39. The molecule has 1 aliphatic heterocycles. The number of hydrogen-bond donors (Lipinski definition) is 2. The van der Waals surface area contributed by atoms with E-state index in [2.05, 4.69) is 10.3 Å². The van der Waals surface area contributed by atoms with Gasteiger partial charge in [0.05, 0.1) is 12.1 Å². The number of aromatic nitrogens is 1. The summed E-state index contributed by atoms with van der Waals surface area (Å²) in [5, 5.41) is 5.65. The number of thiazole rings is 1. The summed E-state index contributed by atoms with van der Waals surface area (Å²) in [7, 11) is 0. The molecule has 0 spiro atoms. The number of fused-ring (bicyclic) bond motifs is 1. The van der Waals surface area contributed by atoms with Crippen LogP contribution in [0.1, 0.15) is 12.6 Å². The third-order valence-electron chi connectivity index (χ3n) is 3.56. The molecule has 122 valence electrons. The van der Waals surface area contributed by atoms with Gasteiger partial charge in [0.2, 0.25) is 12.7 Å². The van der Waals surface area contributed by atoms with Gasteiger partial charge in [-0.15, -0.1) is 11.3 Å². The summed E-state index contributed by atoms with van der Waals surface area (Å²) in [6.07, 6.45) is 0.276. The van der Waals surface area contributed by atoms with Crippen LogP contribution >= 0.6 is 11.3 Å². The Balaban J connectivity index is 1.63. The van der Waals surface area contributed by atoms with E-state index in [4.69, 9.17) is 15.2 Å². The molecule has 3 rings (SSSR count). The van der Waals surface area contributed by atoms with Gasteiger partial charge in [0, 0.05) is 17.5 Å². The van der Waals surface area contributed by atoms with Crippen LogP contribution < -0.4 is 20.5 Å². The summed E-state index contributed by atoms with van der Waals surface area (Å²) in [6.45, 7) is 3.41. The molecule has 1 aromatic heterocycles. The Labute approximate surface area is 138 Å². The maximum absolute atomic E-state index is 11.9. The van der Waals surface area contributed by atoms with Gasteiger partial charge in [-0.05, 0) is 30.7 Å². The average molecular weight is 333 g/mol. The van der Waals surface area contributed by atoms with Crippen molar-refractivity contribution in [1.82, 2.24) is 10.3 Å². The SMILES string of the molecule is CC(CN)CNC(=O)Cc1csc(-c2ccc3c(c2)OCO3)n1. The van der Waals surface area contributed by atoms with Crippen molar-refractivity contribution in [1.29, 1.82) is 0 Å². The fourth-order valence-electron chi connectivity index (χ4n) is 2.15. The Morgan fingerprint density at radius 2 is 2.26 bits per heavy atom. The molecule has 1 atom stereocenters. The van der Waals surface area contributed by atoms with Gasteiger partial charge >= 0.3 is 0 Å². The van der Waals surface area contributed by atoms with Crippen molar-refractivity contribution in [2.24, 2.45) is 11.7 Å². The quantitative estimate of drug-likeness (QED) is 0.842. The normalized spacial score (nSPS) is 13.8. The number of rotatable bonds is 6. The summed E-state index contributed by atoms with van der Waals surface area (Å²) in [5.41, 5.74) is 7.26. The minimum absolute atomic E-state index is 0.0344. The minimum Gasteiger partial charge on any atom is -0.454 e. The van der Waals surface area contributed by atoms with Crippen LogP contribution in [-0.4, -0.2) is 30.8 Å². The molecule has 2 heterocycles. The van der Waals surface area contributed by atoms with Crippen LogP contribution in [-0.2, 0) is 11.2 Å². The van der Waals surface area contributed by atoms with Gasteiger partial charge < -0.3 is 20.5 Å². The van der Waals surface area contributed by atoms with E-state index in [0.29, 0.717) is 13.1 Å². The molecule has 1 amide bonds. The third kappa shape index (κ3) is 3.80. The Morgan fingerprint density at radius 1 is 1.43 bits per heavy atom. The zero-order valence-electron chi connectivity index (χ0n) is 12.9. The molecule has 1 aromatic carbocycles. The van der Waals surface area contributed by atoms with Crippen LogP contribution in [0.5, 0.6) is 11.5 Å². The van der Waals surface area contributed by atoms with Gasteiger partial charge in [-0.25, -0.2) is 4.98 Å². The molecular formula is C16H19N3O3S. The van der Waals surface area contributed by atoms with Gasteiger partial charge in [0.25, 0.3) is 0 Å². The van der Waals surface area contributed by atoms with Crippen molar-refractivity contribution in [3.8, 4) is 22.1 Å². The fraction of sp³-hybridized carbons (Fsp3) is 0.375. The highest BCUT2D eigenvalue weighted by molar-refractivity contribution is 7.13.